The first-order chi connectivity index (χ1) is 9.69. The first kappa shape index (κ1) is 16.3. The quantitative estimate of drug-likeness (QED) is 0.618. The third-order valence-corrected chi connectivity index (χ3v) is 3.06. The van der Waals surface area contributed by atoms with Gasteiger partial charge >= 0.3 is 0 Å². The molecule has 1 rings (SSSR count). The molecule has 0 spiro atoms. The van der Waals surface area contributed by atoms with Crippen molar-refractivity contribution in [2.45, 2.75) is 39.5 Å². The number of aryl methyl sites for hydroxylation is 1. The summed E-state index contributed by atoms with van der Waals surface area (Å²) in [7, 11) is 0. The molecule has 0 unspecified atom stereocenters. The van der Waals surface area contributed by atoms with Gasteiger partial charge in [0.25, 0.3) is 5.91 Å². The highest BCUT2D eigenvalue weighted by Gasteiger charge is 2.09. The van der Waals surface area contributed by atoms with Crippen LogP contribution in [0.5, 0.6) is 0 Å². The zero-order valence-electron chi connectivity index (χ0n) is 12.5. The maximum atomic E-state index is 12.2. The summed E-state index contributed by atoms with van der Waals surface area (Å²) in [6, 6.07) is 5.71. The molecule has 20 heavy (non-hydrogen) atoms. The van der Waals surface area contributed by atoms with Crippen molar-refractivity contribution < 1.29 is 4.79 Å². The highest BCUT2D eigenvalue weighted by atomic mass is 16.1. The third kappa shape index (κ3) is 5.46. The minimum Gasteiger partial charge on any atom is -0.352 e. The number of unbranched alkanes of at least 4 members (excludes halogenated alkanes) is 3. The lowest BCUT2D eigenvalue weighted by Crippen LogP contribution is -2.25. The minimum absolute atomic E-state index is 0.0495. The lowest BCUT2D eigenvalue weighted by atomic mass is 10.0. The monoisotopic (exact) mass is 272 g/mol. The zero-order chi connectivity index (χ0) is 14.8. The summed E-state index contributed by atoms with van der Waals surface area (Å²) in [5, 5.41) is 2.96. The molecule has 0 aliphatic heterocycles. The summed E-state index contributed by atoms with van der Waals surface area (Å²) in [6.45, 7) is 5.16. The van der Waals surface area contributed by atoms with Crippen LogP contribution in [0.15, 0.2) is 18.2 Å². The number of nitrogens with one attached hydrogen (secondary N) is 1. The van der Waals surface area contributed by atoms with E-state index in [4.69, 9.17) is 5.73 Å². The van der Waals surface area contributed by atoms with Gasteiger partial charge in [-0.3, -0.25) is 4.79 Å². The van der Waals surface area contributed by atoms with Gasteiger partial charge in [0.15, 0.2) is 0 Å². The van der Waals surface area contributed by atoms with E-state index in [-0.39, 0.29) is 5.91 Å². The predicted octanol–water partition coefficient (Wildman–Crippen LogP) is 2.62. The fourth-order valence-electron chi connectivity index (χ4n) is 1.95. The number of amides is 1. The maximum Gasteiger partial charge on any atom is 0.252 e. The molecule has 0 bridgehead atoms. The molecule has 3 N–H and O–H groups in total. The average Bonchev–Trinajstić information content (AvgIpc) is 2.45. The van der Waals surface area contributed by atoms with Gasteiger partial charge in [0, 0.05) is 12.1 Å². The maximum absolute atomic E-state index is 12.2. The Hall–Kier alpha value is -1.79. The second-order valence-corrected chi connectivity index (χ2v) is 4.87. The smallest absolute Gasteiger partial charge is 0.252 e. The average molecular weight is 272 g/mol. The Kier molecular flexibility index (Phi) is 7.46. The van der Waals surface area contributed by atoms with Crippen molar-refractivity contribution in [3.63, 3.8) is 0 Å². The van der Waals surface area contributed by atoms with Crippen molar-refractivity contribution in [3.05, 3.63) is 34.9 Å². The molecule has 1 aromatic carbocycles. The van der Waals surface area contributed by atoms with E-state index in [1.165, 1.54) is 12.8 Å². The Morgan fingerprint density at radius 3 is 2.80 bits per heavy atom. The van der Waals surface area contributed by atoms with Gasteiger partial charge in [0.1, 0.15) is 0 Å². The van der Waals surface area contributed by atoms with Gasteiger partial charge < -0.3 is 11.1 Å². The summed E-state index contributed by atoms with van der Waals surface area (Å²) in [5.74, 6) is 5.71. The van der Waals surface area contributed by atoms with Crippen LogP contribution in [0.1, 0.15) is 54.1 Å². The molecule has 3 nitrogen and oxygen atoms in total. The largest absolute Gasteiger partial charge is 0.352 e. The number of benzene rings is 1. The van der Waals surface area contributed by atoms with E-state index in [1.807, 2.05) is 25.1 Å². The first-order valence-electron chi connectivity index (χ1n) is 7.26. The van der Waals surface area contributed by atoms with Crippen LogP contribution in [0.4, 0.5) is 0 Å². The van der Waals surface area contributed by atoms with Gasteiger partial charge in [-0.1, -0.05) is 49.7 Å². The number of carbonyl (C=O) groups excluding carboxylic acids is 1. The van der Waals surface area contributed by atoms with Crippen molar-refractivity contribution >= 4 is 5.91 Å². The fourth-order valence-corrected chi connectivity index (χ4v) is 1.95. The Morgan fingerprint density at radius 2 is 2.10 bits per heavy atom. The standard InChI is InChI=1S/C17H24N2O/c1-3-4-5-6-12-19-17(20)16-13-14(2)9-10-15(16)8-7-11-18/h9-10,13H,3-6,11-12,18H2,1-2H3,(H,19,20). The Labute approximate surface area is 121 Å². The van der Waals surface area contributed by atoms with E-state index < -0.39 is 0 Å². The Balaban J connectivity index is 2.68. The molecule has 0 atom stereocenters. The SMILES string of the molecule is CCCCCCNC(=O)c1cc(C)ccc1C#CCN. The van der Waals surface area contributed by atoms with Crippen molar-refractivity contribution in [1.82, 2.24) is 5.32 Å². The summed E-state index contributed by atoms with van der Waals surface area (Å²) in [5.41, 5.74) is 7.82. The van der Waals surface area contributed by atoms with Crippen LogP contribution < -0.4 is 11.1 Å². The van der Waals surface area contributed by atoms with Crippen LogP contribution in [-0.4, -0.2) is 19.0 Å². The summed E-state index contributed by atoms with van der Waals surface area (Å²) < 4.78 is 0. The minimum atomic E-state index is -0.0495. The summed E-state index contributed by atoms with van der Waals surface area (Å²) >= 11 is 0. The molecule has 1 aromatic rings. The second kappa shape index (κ2) is 9.17. The van der Waals surface area contributed by atoms with Crippen LogP contribution in [0, 0.1) is 18.8 Å². The van der Waals surface area contributed by atoms with E-state index in [1.54, 1.807) is 0 Å². The van der Waals surface area contributed by atoms with Crippen LogP contribution >= 0.6 is 0 Å². The summed E-state index contributed by atoms with van der Waals surface area (Å²) in [4.78, 5) is 12.2. The van der Waals surface area contributed by atoms with Gasteiger partial charge in [-0.25, -0.2) is 0 Å². The van der Waals surface area contributed by atoms with Crippen molar-refractivity contribution in [3.8, 4) is 11.8 Å². The molecule has 0 saturated heterocycles. The van der Waals surface area contributed by atoms with Gasteiger partial charge in [0.05, 0.1) is 12.1 Å². The Bertz CT molecular complexity index is 497. The van der Waals surface area contributed by atoms with Crippen LogP contribution in [0.25, 0.3) is 0 Å². The van der Waals surface area contributed by atoms with Crippen molar-refractivity contribution in [2.24, 2.45) is 5.73 Å². The fraction of sp³-hybridized carbons (Fsp3) is 0.471. The molecule has 108 valence electrons. The molecule has 0 radical (unpaired) electrons. The lowest BCUT2D eigenvalue weighted by molar-refractivity contribution is 0.0952. The molecule has 0 fully saturated rings. The first-order valence-corrected chi connectivity index (χ1v) is 7.26. The zero-order valence-corrected chi connectivity index (χ0v) is 12.5. The van der Waals surface area contributed by atoms with Gasteiger partial charge in [0.2, 0.25) is 0 Å². The van der Waals surface area contributed by atoms with Crippen LogP contribution in [0.2, 0.25) is 0 Å². The van der Waals surface area contributed by atoms with Crippen molar-refractivity contribution in [2.75, 3.05) is 13.1 Å². The molecule has 1 amide bonds. The number of hydrogen-bond acceptors (Lipinski definition) is 2. The van der Waals surface area contributed by atoms with E-state index >= 15 is 0 Å². The van der Waals surface area contributed by atoms with E-state index in [2.05, 4.69) is 24.1 Å². The number of hydrogen-bond donors (Lipinski definition) is 2. The van der Waals surface area contributed by atoms with Crippen molar-refractivity contribution in [1.29, 1.82) is 0 Å². The van der Waals surface area contributed by atoms with E-state index in [9.17, 15) is 4.79 Å². The van der Waals surface area contributed by atoms with Crippen LogP contribution in [0.3, 0.4) is 0 Å². The molecular weight excluding hydrogens is 248 g/mol. The van der Waals surface area contributed by atoms with E-state index in [0.717, 1.165) is 30.5 Å². The molecular formula is C17H24N2O. The highest BCUT2D eigenvalue weighted by Crippen LogP contribution is 2.11. The number of carbonyl (C=O) groups is 1. The second-order valence-electron chi connectivity index (χ2n) is 4.87. The van der Waals surface area contributed by atoms with Gasteiger partial charge in [-0.15, -0.1) is 0 Å². The molecule has 0 aromatic heterocycles. The number of nitrogens with two attached hydrogens (primary N) is 1. The number of rotatable bonds is 6. The van der Waals surface area contributed by atoms with E-state index in [0.29, 0.717) is 12.1 Å². The Morgan fingerprint density at radius 1 is 1.30 bits per heavy atom. The van der Waals surface area contributed by atoms with Crippen LogP contribution in [-0.2, 0) is 0 Å². The van der Waals surface area contributed by atoms with Gasteiger partial charge in [-0.05, 0) is 25.5 Å². The molecule has 0 aliphatic rings. The molecule has 0 saturated carbocycles. The summed E-state index contributed by atoms with van der Waals surface area (Å²) in [6.07, 6.45) is 4.60. The topological polar surface area (TPSA) is 55.1 Å². The molecule has 0 heterocycles. The van der Waals surface area contributed by atoms with Gasteiger partial charge in [-0.2, -0.15) is 0 Å². The highest BCUT2D eigenvalue weighted by molar-refractivity contribution is 5.96. The lowest BCUT2D eigenvalue weighted by Gasteiger charge is -2.08. The predicted molar refractivity (Wildman–Crippen MR) is 83.6 cm³/mol. The molecule has 3 heteroatoms. The normalized spacial score (nSPS) is 9.75. The third-order valence-electron chi connectivity index (χ3n) is 3.06. The molecule has 0 aliphatic carbocycles.